The zero-order valence-electron chi connectivity index (χ0n) is 18.9. The van der Waals surface area contributed by atoms with Gasteiger partial charge in [-0.15, -0.1) is 0 Å². The maximum absolute atomic E-state index is 13.3. The van der Waals surface area contributed by atoms with E-state index in [9.17, 15) is 9.59 Å². The summed E-state index contributed by atoms with van der Waals surface area (Å²) in [5.74, 6) is 0.611. The Kier molecular flexibility index (Phi) is 6.79. The van der Waals surface area contributed by atoms with Gasteiger partial charge in [0, 0.05) is 19.3 Å². The lowest BCUT2D eigenvalue weighted by atomic mass is 9.91. The Morgan fingerprint density at radius 1 is 1.25 bits per heavy atom. The van der Waals surface area contributed by atoms with Crippen molar-refractivity contribution in [1.29, 1.82) is 0 Å². The number of fused-ring (bicyclic) bond motifs is 1. The minimum atomic E-state index is -1.04. The van der Waals surface area contributed by atoms with Crippen LogP contribution >= 0.6 is 0 Å². The third-order valence-electron chi connectivity index (χ3n) is 6.28. The Balaban J connectivity index is 1.50. The van der Waals surface area contributed by atoms with Crippen molar-refractivity contribution in [3.63, 3.8) is 0 Å². The molecule has 1 aromatic carbocycles. The quantitative estimate of drug-likeness (QED) is 0.775. The number of hydrogen-bond acceptors (Lipinski definition) is 5. The fourth-order valence-electron chi connectivity index (χ4n) is 4.48. The number of morpholine rings is 1. The molecular formula is C24H32N4O4. The van der Waals surface area contributed by atoms with Crippen molar-refractivity contribution in [3.8, 4) is 5.75 Å². The number of aryl methyl sites for hydroxylation is 3. The van der Waals surface area contributed by atoms with Crippen LogP contribution < -0.4 is 10.1 Å². The average molecular weight is 441 g/mol. The highest BCUT2D eigenvalue weighted by Gasteiger charge is 2.44. The highest BCUT2D eigenvalue weighted by molar-refractivity contribution is 5.96. The first-order chi connectivity index (χ1) is 15.5. The number of nitrogens with one attached hydrogen (secondary N) is 1. The van der Waals surface area contributed by atoms with Crippen LogP contribution in [-0.4, -0.2) is 64.9 Å². The number of rotatable bonds is 2. The number of carbonyl (C=O) groups excluding carboxylic acids is 2. The summed E-state index contributed by atoms with van der Waals surface area (Å²) in [6.45, 7) is 6.34. The average Bonchev–Trinajstić information content (AvgIpc) is 3.19. The predicted octanol–water partition coefficient (Wildman–Crippen LogP) is 2.34. The van der Waals surface area contributed by atoms with E-state index in [1.54, 1.807) is 15.8 Å². The number of hydrogen-bond donors (Lipinski definition) is 1. The Bertz CT molecular complexity index is 973. The van der Waals surface area contributed by atoms with Crippen LogP contribution in [0.4, 0.5) is 0 Å². The number of para-hydroxylation sites is 1. The van der Waals surface area contributed by atoms with Crippen molar-refractivity contribution in [2.24, 2.45) is 0 Å². The normalized spacial score (nSPS) is 22.3. The molecule has 2 aromatic rings. The molecule has 2 amide bonds. The molecule has 1 fully saturated rings. The molecule has 3 heterocycles. The van der Waals surface area contributed by atoms with E-state index in [0.717, 1.165) is 25.0 Å². The molecule has 0 saturated carbocycles. The number of aromatic nitrogens is 2. The van der Waals surface area contributed by atoms with E-state index in [0.29, 0.717) is 50.5 Å². The van der Waals surface area contributed by atoms with Gasteiger partial charge < -0.3 is 19.7 Å². The molecule has 1 unspecified atom stereocenters. The zero-order valence-corrected chi connectivity index (χ0v) is 18.9. The number of carbonyl (C=O) groups is 2. The van der Waals surface area contributed by atoms with Gasteiger partial charge in [0.15, 0.2) is 5.60 Å². The second kappa shape index (κ2) is 9.73. The second-order valence-electron chi connectivity index (χ2n) is 8.47. The van der Waals surface area contributed by atoms with Gasteiger partial charge in [0.1, 0.15) is 12.4 Å². The first kappa shape index (κ1) is 22.3. The maximum Gasteiger partial charge on any atom is 0.257 e. The molecule has 1 spiro atoms. The van der Waals surface area contributed by atoms with Crippen LogP contribution in [0.5, 0.6) is 5.75 Å². The van der Waals surface area contributed by atoms with E-state index in [4.69, 9.17) is 9.47 Å². The summed E-state index contributed by atoms with van der Waals surface area (Å²) in [6.07, 6.45) is 4.96. The summed E-state index contributed by atoms with van der Waals surface area (Å²) in [7, 11) is 0. The summed E-state index contributed by atoms with van der Waals surface area (Å²) < 4.78 is 13.8. The van der Waals surface area contributed by atoms with Crippen LogP contribution in [0.2, 0.25) is 0 Å². The number of benzene rings is 1. The number of amides is 2. The Labute approximate surface area is 188 Å². The van der Waals surface area contributed by atoms with Gasteiger partial charge in [0.25, 0.3) is 11.8 Å². The van der Waals surface area contributed by atoms with Crippen molar-refractivity contribution in [3.05, 3.63) is 47.3 Å². The first-order valence-corrected chi connectivity index (χ1v) is 11.5. The van der Waals surface area contributed by atoms with Gasteiger partial charge in [-0.25, -0.2) is 0 Å². The minimum Gasteiger partial charge on any atom is -0.491 e. The van der Waals surface area contributed by atoms with E-state index < -0.39 is 5.60 Å². The molecule has 2 aliphatic rings. The summed E-state index contributed by atoms with van der Waals surface area (Å²) in [5, 5.41) is 7.37. The van der Waals surface area contributed by atoms with Gasteiger partial charge in [0.05, 0.1) is 31.0 Å². The molecule has 0 radical (unpaired) electrons. The van der Waals surface area contributed by atoms with Crippen molar-refractivity contribution < 1.29 is 19.1 Å². The van der Waals surface area contributed by atoms with E-state index in [1.807, 2.05) is 32.0 Å². The Morgan fingerprint density at radius 3 is 2.91 bits per heavy atom. The minimum absolute atomic E-state index is 0.0962. The SMILES string of the molecule is CCn1cc(C(=O)N2CCOC3(CCCCc4ccccc4OCCNC3=O)C2)c(C)n1. The zero-order chi connectivity index (χ0) is 22.6. The maximum atomic E-state index is 13.3. The van der Waals surface area contributed by atoms with E-state index in [1.165, 1.54) is 5.56 Å². The number of nitrogens with zero attached hydrogens (tertiary/aromatic N) is 3. The van der Waals surface area contributed by atoms with Crippen LogP contribution in [0.3, 0.4) is 0 Å². The smallest absolute Gasteiger partial charge is 0.257 e. The van der Waals surface area contributed by atoms with Gasteiger partial charge in [0.2, 0.25) is 0 Å². The fourth-order valence-corrected chi connectivity index (χ4v) is 4.48. The fraction of sp³-hybridized carbons (Fsp3) is 0.542. The van der Waals surface area contributed by atoms with E-state index in [2.05, 4.69) is 16.5 Å². The van der Waals surface area contributed by atoms with Crippen molar-refractivity contribution in [1.82, 2.24) is 20.0 Å². The molecule has 2 aliphatic heterocycles. The van der Waals surface area contributed by atoms with Gasteiger partial charge in [-0.3, -0.25) is 14.3 Å². The summed E-state index contributed by atoms with van der Waals surface area (Å²) in [6, 6.07) is 8.05. The molecule has 1 aromatic heterocycles. The highest BCUT2D eigenvalue weighted by Crippen LogP contribution is 2.28. The van der Waals surface area contributed by atoms with E-state index >= 15 is 0 Å². The third kappa shape index (κ3) is 4.65. The van der Waals surface area contributed by atoms with Crippen LogP contribution in [0.1, 0.15) is 47.8 Å². The van der Waals surface area contributed by atoms with Crippen molar-refractivity contribution >= 4 is 11.8 Å². The van der Waals surface area contributed by atoms with Crippen LogP contribution in [0.25, 0.3) is 0 Å². The van der Waals surface area contributed by atoms with Gasteiger partial charge in [-0.05, 0) is 51.2 Å². The Hall–Kier alpha value is -2.87. The van der Waals surface area contributed by atoms with Gasteiger partial charge >= 0.3 is 0 Å². The monoisotopic (exact) mass is 440 g/mol. The Morgan fingerprint density at radius 2 is 2.09 bits per heavy atom. The lowest BCUT2D eigenvalue weighted by Crippen LogP contribution is -2.61. The molecule has 4 rings (SSSR count). The molecule has 32 heavy (non-hydrogen) atoms. The van der Waals surface area contributed by atoms with Gasteiger partial charge in [-0.2, -0.15) is 5.10 Å². The molecular weight excluding hydrogens is 408 g/mol. The van der Waals surface area contributed by atoms with Gasteiger partial charge in [-0.1, -0.05) is 18.2 Å². The number of ether oxygens (including phenoxy) is 2. The molecule has 1 saturated heterocycles. The predicted molar refractivity (Wildman–Crippen MR) is 120 cm³/mol. The highest BCUT2D eigenvalue weighted by atomic mass is 16.5. The second-order valence-corrected chi connectivity index (χ2v) is 8.47. The van der Waals surface area contributed by atoms with Crippen molar-refractivity contribution in [2.75, 3.05) is 32.8 Å². The molecule has 0 bridgehead atoms. The lowest BCUT2D eigenvalue weighted by Gasteiger charge is -2.41. The summed E-state index contributed by atoms with van der Waals surface area (Å²) in [4.78, 5) is 28.2. The first-order valence-electron chi connectivity index (χ1n) is 11.5. The summed E-state index contributed by atoms with van der Waals surface area (Å²) >= 11 is 0. The topological polar surface area (TPSA) is 85.7 Å². The molecule has 8 nitrogen and oxygen atoms in total. The molecule has 8 heteroatoms. The van der Waals surface area contributed by atoms with Crippen LogP contribution in [-0.2, 0) is 22.5 Å². The summed E-state index contributed by atoms with van der Waals surface area (Å²) in [5.41, 5.74) is 1.43. The van der Waals surface area contributed by atoms with E-state index in [-0.39, 0.29) is 18.4 Å². The molecule has 172 valence electrons. The molecule has 1 N–H and O–H groups in total. The largest absolute Gasteiger partial charge is 0.491 e. The third-order valence-corrected chi connectivity index (χ3v) is 6.28. The molecule has 0 aliphatic carbocycles. The van der Waals surface area contributed by atoms with Crippen molar-refractivity contribution in [2.45, 2.75) is 51.7 Å². The van der Waals surface area contributed by atoms with Crippen LogP contribution in [0, 0.1) is 6.92 Å². The standard InChI is InChI=1S/C24H32N4O4/c1-3-28-16-20(18(2)26-28)22(29)27-13-15-32-24(17-27)11-7-6-9-19-8-4-5-10-21(19)31-14-12-25-23(24)30/h4-5,8,10,16H,3,6-7,9,11-15,17H2,1-2H3,(H,25,30). The lowest BCUT2D eigenvalue weighted by molar-refractivity contribution is -0.159. The molecule has 1 atom stereocenters. The van der Waals surface area contributed by atoms with Crippen LogP contribution in [0.15, 0.2) is 30.5 Å².